The molecule has 1 aromatic carbocycles. The topological polar surface area (TPSA) is 216 Å². The second-order valence-electron chi connectivity index (χ2n) is 11.5. The molecule has 224 valence electrons. The third kappa shape index (κ3) is 6.30. The van der Waals surface area contributed by atoms with Crippen molar-refractivity contribution < 1.29 is 44.4 Å². The van der Waals surface area contributed by atoms with Gasteiger partial charge in [0, 0.05) is 24.0 Å². The van der Waals surface area contributed by atoms with Gasteiger partial charge in [0.25, 0.3) is 0 Å². The third-order valence-electron chi connectivity index (χ3n) is 9.08. The zero-order chi connectivity index (χ0) is 30.1. The first-order chi connectivity index (χ1) is 19.3. The van der Waals surface area contributed by atoms with Crippen LogP contribution in [0.1, 0.15) is 68.9 Å². The molecule has 2 amide bonds. The predicted octanol–water partition coefficient (Wildman–Crippen LogP) is 1.49. The van der Waals surface area contributed by atoms with E-state index in [1.54, 1.807) is 6.07 Å². The number of ketones is 1. The van der Waals surface area contributed by atoms with Crippen molar-refractivity contribution >= 4 is 41.3 Å². The Hall–Kier alpha value is -3.32. The van der Waals surface area contributed by atoms with Gasteiger partial charge in [-0.25, -0.2) is 0 Å². The maximum absolute atomic E-state index is 12.8. The van der Waals surface area contributed by atoms with Gasteiger partial charge in [0.05, 0.1) is 4.90 Å². The maximum Gasteiger partial charge on any atom is 0.322 e. The van der Waals surface area contributed by atoms with Gasteiger partial charge in [-0.3, -0.25) is 24.0 Å². The number of amides is 2. The van der Waals surface area contributed by atoms with Gasteiger partial charge in [0.2, 0.25) is 11.8 Å². The lowest BCUT2D eigenvalue weighted by molar-refractivity contribution is -0.139. The number of hydrogen-bond acceptors (Lipinski definition) is 9. The summed E-state index contributed by atoms with van der Waals surface area (Å²) in [6, 6.07) is -0.902. The van der Waals surface area contributed by atoms with Crippen molar-refractivity contribution in [2.45, 2.75) is 81.2 Å². The average Bonchev–Trinajstić information content (AvgIpc) is 3.23. The van der Waals surface area contributed by atoms with Crippen molar-refractivity contribution in [2.24, 2.45) is 23.0 Å². The molecule has 12 nitrogen and oxygen atoms in total. The lowest BCUT2D eigenvalue weighted by Gasteiger charge is -2.48. The van der Waals surface area contributed by atoms with Gasteiger partial charge in [-0.1, -0.05) is 6.92 Å². The Balaban J connectivity index is 1.57. The number of rotatable bonds is 11. The smallest absolute Gasteiger partial charge is 0.322 e. The Morgan fingerprint density at radius 2 is 1.88 bits per heavy atom. The molecule has 0 spiro atoms. The second kappa shape index (κ2) is 12.3. The van der Waals surface area contributed by atoms with Crippen LogP contribution in [0.25, 0.3) is 0 Å². The second-order valence-corrected chi connectivity index (χ2v) is 12.5. The van der Waals surface area contributed by atoms with E-state index in [9.17, 15) is 34.2 Å². The van der Waals surface area contributed by atoms with Crippen molar-refractivity contribution in [2.75, 3.05) is 12.3 Å². The zero-order valence-corrected chi connectivity index (χ0v) is 23.7. The van der Waals surface area contributed by atoms with E-state index >= 15 is 0 Å². The minimum atomic E-state index is -1.27. The Kier molecular flexibility index (Phi) is 9.17. The summed E-state index contributed by atoms with van der Waals surface area (Å²) in [6.07, 6.45) is 4.00. The fraction of sp³-hybridized carbons (Fsp3) is 0.607. The standard InChI is InChI=1S/C28H37N3O9S/c1-28-9-8-15-14(16(28)4-6-20(28)33)3-2-13-10-19(32)24(37)25(23(13)15)41-12-18(26(38)30-11-22(35)36)31-21(34)7-5-17(29)27(39)40/h10,14-18,32,37H,2-9,11-12,29H2,1H3,(H,30,38)(H,31,34)(H,35,36)(H,39,40)/t14-,15+,16+,17+,18+,28+/m1/s1. The van der Waals surface area contributed by atoms with E-state index < -0.39 is 42.4 Å². The molecule has 41 heavy (non-hydrogen) atoms. The number of carboxylic acids is 2. The lowest BCUT2D eigenvalue weighted by Crippen LogP contribution is -2.49. The first-order valence-electron chi connectivity index (χ1n) is 13.8. The van der Waals surface area contributed by atoms with E-state index in [4.69, 9.17) is 15.9 Å². The van der Waals surface area contributed by atoms with Crippen LogP contribution in [0.4, 0.5) is 0 Å². The van der Waals surface area contributed by atoms with Crippen LogP contribution >= 0.6 is 11.8 Å². The number of thioether (sulfide) groups is 1. The Labute approximate surface area is 241 Å². The lowest BCUT2D eigenvalue weighted by atomic mass is 9.55. The molecule has 0 saturated heterocycles. The van der Waals surface area contributed by atoms with Crippen molar-refractivity contribution in [1.29, 1.82) is 0 Å². The van der Waals surface area contributed by atoms with Crippen LogP contribution in [0, 0.1) is 17.3 Å². The Bertz CT molecular complexity index is 1250. The molecule has 0 unspecified atom stereocenters. The number of aryl methyl sites for hydroxylation is 1. The SMILES string of the molecule is C[C@]12CC[C@@H]3c4c(cc(O)c(O)c4SC[C@H](NC(=O)CC[C@H](N)C(=O)O)C(=O)NCC(=O)O)CC[C@H]3[C@@H]1CCC2=O. The Morgan fingerprint density at radius 1 is 1.15 bits per heavy atom. The van der Waals surface area contributed by atoms with Crippen molar-refractivity contribution in [3.05, 3.63) is 17.2 Å². The highest BCUT2D eigenvalue weighted by molar-refractivity contribution is 7.99. The normalized spacial score (nSPS) is 26.2. The van der Waals surface area contributed by atoms with Crippen molar-refractivity contribution in [3.63, 3.8) is 0 Å². The molecule has 0 aromatic heterocycles. The summed E-state index contributed by atoms with van der Waals surface area (Å²) in [5.41, 5.74) is 6.92. The number of phenolic OH excluding ortho intramolecular Hbond substituents is 2. The van der Waals surface area contributed by atoms with Gasteiger partial charge in [-0.05, 0) is 73.5 Å². The maximum atomic E-state index is 12.8. The quantitative estimate of drug-likeness (QED) is 0.144. The number of fused-ring (bicyclic) bond motifs is 5. The molecule has 8 N–H and O–H groups in total. The van der Waals surface area contributed by atoms with E-state index in [1.807, 2.05) is 0 Å². The number of carboxylic acid groups (broad SMARTS) is 2. The molecule has 0 heterocycles. The largest absolute Gasteiger partial charge is 0.504 e. The molecule has 13 heteroatoms. The average molecular weight is 592 g/mol. The van der Waals surface area contributed by atoms with Crippen LogP contribution in [-0.4, -0.2) is 74.3 Å². The number of carbonyl (C=O) groups is 5. The van der Waals surface area contributed by atoms with E-state index in [1.165, 1.54) is 0 Å². The van der Waals surface area contributed by atoms with Crippen LogP contribution in [0.2, 0.25) is 0 Å². The van der Waals surface area contributed by atoms with Crippen LogP contribution in [0.5, 0.6) is 11.5 Å². The summed E-state index contributed by atoms with van der Waals surface area (Å²) < 4.78 is 0. The van der Waals surface area contributed by atoms with Gasteiger partial charge >= 0.3 is 11.9 Å². The van der Waals surface area contributed by atoms with E-state index in [-0.39, 0.29) is 53.3 Å². The van der Waals surface area contributed by atoms with Crippen molar-refractivity contribution in [3.8, 4) is 11.5 Å². The zero-order valence-electron chi connectivity index (χ0n) is 22.9. The van der Waals surface area contributed by atoms with Crippen LogP contribution in [0.15, 0.2) is 11.0 Å². The van der Waals surface area contributed by atoms with E-state index in [0.717, 1.165) is 48.6 Å². The molecule has 6 atom stereocenters. The number of nitrogens with one attached hydrogen (secondary N) is 2. The number of phenols is 2. The van der Waals surface area contributed by atoms with Crippen LogP contribution < -0.4 is 16.4 Å². The van der Waals surface area contributed by atoms with Crippen LogP contribution in [0.3, 0.4) is 0 Å². The molecule has 3 aliphatic carbocycles. The molecule has 1 aromatic rings. The number of aliphatic carboxylic acids is 2. The molecule has 3 aliphatic rings. The summed E-state index contributed by atoms with van der Waals surface area (Å²) in [5.74, 6) is -3.81. The van der Waals surface area contributed by atoms with Gasteiger partial charge in [-0.2, -0.15) is 0 Å². The number of nitrogens with two attached hydrogens (primary N) is 1. The monoisotopic (exact) mass is 591 g/mol. The highest BCUT2D eigenvalue weighted by Gasteiger charge is 2.55. The minimum absolute atomic E-state index is 0.0584. The fourth-order valence-electron chi connectivity index (χ4n) is 6.91. The van der Waals surface area contributed by atoms with Gasteiger partial charge in [0.1, 0.15) is 24.4 Å². The summed E-state index contributed by atoms with van der Waals surface area (Å²) >= 11 is 1.08. The van der Waals surface area contributed by atoms with E-state index in [0.29, 0.717) is 23.5 Å². The molecular formula is C28H37N3O9S. The molecule has 2 fully saturated rings. The summed E-state index contributed by atoms with van der Waals surface area (Å²) in [6.45, 7) is 1.39. The summed E-state index contributed by atoms with van der Waals surface area (Å²) in [5, 5.41) is 44.2. The molecule has 4 rings (SSSR count). The van der Waals surface area contributed by atoms with Crippen LogP contribution in [-0.2, 0) is 30.4 Å². The minimum Gasteiger partial charge on any atom is -0.504 e. The van der Waals surface area contributed by atoms with Gasteiger partial charge in [-0.15, -0.1) is 11.8 Å². The molecule has 0 radical (unpaired) electrons. The van der Waals surface area contributed by atoms with Gasteiger partial charge in [0.15, 0.2) is 11.5 Å². The number of benzene rings is 1. The summed E-state index contributed by atoms with van der Waals surface area (Å²) in [4.78, 5) is 60.5. The Morgan fingerprint density at radius 3 is 2.56 bits per heavy atom. The molecule has 0 bridgehead atoms. The first kappa shape index (κ1) is 30.6. The summed E-state index contributed by atoms with van der Waals surface area (Å²) in [7, 11) is 0. The van der Waals surface area contributed by atoms with Gasteiger partial charge < -0.3 is 36.8 Å². The third-order valence-corrected chi connectivity index (χ3v) is 10.3. The molecule has 0 aliphatic heterocycles. The van der Waals surface area contributed by atoms with E-state index in [2.05, 4.69) is 17.6 Å². The number of carbonyl (C=O) groups excluding carboxylic acids is 3. The highest BCUT2D eigenvalue weighted by Crippen LogP contribution is 2.61. The molecule has 2 saturated carbocycles. The number of Topliss-reactive ketones (excluding diaryl/α,β-unsaturated/α-hetero) is 1. The number of aromatic hydroxyl groups is 2. The van der Waals surface area contributed by atoms with Crippen molar-refractivity contribution in [1.82, 2.24) is 10.6 Å². The number of hydrogen-bond donors (Lipinski definition) is 7. The fourth-order valence-corrected chi connectivity index (χ4v) is 8.16. The first-order valence-corrected chi connectivity index (χ1v) is 14.8. The molecular weight excluding hydrogens is 554 g/mol. The highest BCUT2D eigenvalue weighted by atomic mass is 32.2. The predicted molar refractivity (Wildman–Crippen MR) is 148 cm³/mol.